The molecule has 2 N–H and O–H groups in total. The number of piperidine rings is 1. The Morgan fingerprint density at radius 3 is 2.87 bits per heavy atom. The smallest absolute Gasteiger partial charge is 0.325 e. The number of nitrogens with one attached hydrogen (secondary N) is 2. The summed E-state index contributed by atoms with van der Waals surface area (Å²) in [4.78, 5) is 22.5. The van der Waals surface area contributed by atoms with Crippen molar-refractivity contribution in [1.29, 1.82) is 0 Å². The molecule has 0 aromatic heterocycles. The first-order chi connectivity index (χ1) is 7.24. The first-order valence-corrected chi connectivity index (χ1v) is 5.40. The van der Waals surface area contributed by atoms with Gasteiger partial charge in [0.15, 0.2) is 0 Å². The fraction of sp³-hybridized carbons (Fsp3) is 0.800. The van der Waals surface area contributed by atoms with E-state index in [1.807, 2.05) is 0 Å². The van der Waals surface area contributed by atoms with Crippen molar-refractivity contribution < 1.29 is 14.3 Å². The van der Waals surface area contributed by atoms with E-state index in [1.54, 1.807) is 6.92 Å². The van der Waals surface area contributed by atoms with Crippen molar-refractivity contribution in [2.24, 2.45) is 0 Å². The lowest BCUT2D eigenvalue weighted by molar-refractivity contribution is -0.143. The van der Waals surface area contributed by atoms with Gasteiger partial charge >= 0.3 is 5.97 Å². The molecule has 1 aliphatic rings. The molecular weight excluding hydrogens is 196 g/mol. The summed E-state index contributed by atoms with van der Waals surface area (Å²) in [7, 11) is 0. The maximum Gasteiger partial charge on any atom is 0.325 e. The summed E-state index contributed by atoms with van der Waals surface area (Å²) in [5, 5.41) is 5.67. The maximum atomic E-state index is 11.5. The lowest BCUT2D eigenvalue weighted by atomic mass is 10.0. The Hall–Kier alpha value is -1.10. The highest BCUT2D eigenvalue weighted by Crippen LogP contribution is 2.06. The molecule has 5 heteroatoms. The molecule has 1 atom stereocenters. The highest BCUT2D eigenvalue weighted by Gasteiger charge is 2.20. The number of amides is 1. The first kappa shape index (κ1) is 12.0. The van der Waals surface area contributed by atoms with Crippen LogP contribution in [0.25, 0.3) is 0 Å². The number of esters is 1. The van der Waals surface area contributed by atoms with Gasteiger partial charge in [-0.05, 0) is 26.3 Å². The Kier molecular flexibility index (Phi) is 5.10. The molecule has 0 spiro atoms. The lowest BCUT2D eigenvalue weighted by Gasteiger charge is -2.22. The summed E-state index contributed by atoms with van der Waals surface area (Å²) in [5.41, 5.74) is 0. The minimum Gasteiger partial charge on any atom is -0.465 e. The van der Waals surface area contributed by atoms with Gasteiger partial charge in [0.05, 0.1) is 12.6 Å². The van der Waals surface area contributed by atoms with Gasteiger partial charge in [-0.1, -0.05) is 6.42 Å². The third kappa shape index (κ3) is 4.29. The van der Waals surface area contributed by atoms with Crippen LogP contribution in [0.15, 0.2) is 0 Å². The predicted molar refractivity (Wildman–Crippen MR) is 55.3 cm³/mol. The number of rotatable bonds is 4. The van der Waals surface area contributed by atoms with Crippen molar-refractivity contribution in [3.05, 3.63) is 0 Å². The van der Waals surface area contributed by atoms with Crippen LogP contribution in [0.1, 0.15) is 26.2 Å². The van der Waals surface area contributed by atoms with Gasteiger partial charge < -0.3 is 15.4 Å². The number of carbonyl (C=O) groups is 2. The van der Waals surface area contributed by atoms with Crippen molar-refractivity contribution in [2.45, 2.75) is 32.2 Å². The molecule has 0 aromatic carbocycles. The predicted octanol–water partition coefficient (Wildman–Crippen LogP) is -0.192. The molecule has 1 fully saturated rings. The van der Waals surface area contributed by atoms with E-state index in [0.717, 1.165) is 25.8 Å². The van der Waals surface area contributed by atoms with Crippen LogP contribution in [0.2, 0.25) is 0 Å². The van der Waals surface area contributed by atoms with Crippen LogP contribution >= 0.6 is 0 Å². The van der Waals surface area contributed by atoms with Crippen molar-refractivity contribution in [2.75, 3.05) is 19.7 Å². The zero-order valence-electron chi connectivity index (χ0n) is 9.04. The number of ether oxygens (including phenoxy) is 1. The van der Waals surface area contributed by atoms with E-state index in [0.29, 0.717) is 6.61 Å². The average Bonchev–Trinajstić information content (AvgIpc) is 2.27. The summed E-state index contributed by atoms with van der Waals surface area (Å²) >= 11 is 0. The van der Waals surface area contributed by atoms with Gasteiger partial charge in [-0.25, -0.2) is 0 Å². The van der Waals surface area contributed by atoms with Gasteiger partial charge in [-0.3, -0.25) is 9.59 Å². The second kappa shape index (κ2) is 6.40. The van der Waals surface area contributed by atoms with Gasteiger partial charge in [0.25, 0.3) is 0 Å². The van der Waals surface area contributed by atoms with E-state index in [4.69, 9.17) is 4.74 Å². The Balaban J connectivity index is 2.19. The van der Waals surface area contributed by atoms with Crippen LogP contribution in [0, 0.1) is 0 Å². The highest BCUT2D eigenvalue weighted by atomic mass is 16.5. The largest absolute Gasteiger partial charge is 0.465 e. The van der Waals surface area contributed by atoms with Crippen molar-refractivity contribution in [3.8, 4) is 0 Å². The Bertz CT molecular complexity index is 225. The molecule has 0 aromatic rings. The van der Waals surface area contributed by atoms with Crippen molar-refractivity contribution >= 4 is 11.9 Å². The van der Waals surface area contributed by atoms with Crippen LogP contribution < -0.4 is 10.6 Å². The van der Waals surface area contributed by atoms with E-state index < -0.39 is 0 Å². The zero-order valence-corrected chi connectivity index (χ0v) is 9.04. The average molecular weight is 214 g/mol. The Morgan fingerprint density at radius 1 is 1.47 bits per heavy atom. The molecule has 5 nitrogen and oxygen atoms in total. The van der Waals surface area contributed by atoms with Crippen molar-refractivity contribution in [1.82, 2.24) is 10.6 Å². The highest BCUT2D eigenvalue weighted by molar-refractivity contribution is 5.85. The second-order valence-corrected chi connectivity index (χ2v) is 3.53. The molecule has 0 saturated carbocycles. The molecule has 1 saturated heterocycles. The molecule has 0 unspecified atom stereocenters. The topological polar surface area (TPSA) is 67.4 Å². The summed E-state index contributed by atoms with van der Waals surface area (Å²) in [6, 6.07) is -0.145. The summed E-state index contributed by atoms with van der Waals surface area (Å²) < 4.78 is 4.71. The summed E-state index contributed by atoms with van der Waals surface area (Å²) in [5.74, 6) is -0.496. The van der Waals surface area contributed by atoms with Gasteiger partial charge in [0.1, 0.15) is 6.54 Å². The number of carbonyl (C=O) groups excluding carboxylic acids is 2. The molecule has 1 rings (SSSR count). The summed E-state index contributed by atoms with van der Waals surface area (Å²) in [6.45, 7) is 2.92. The standard InChI is InChI=1S/C10H18N2O3/c1-2-15-9(13)7-12-10(14)8-5-3-4-6-11-8/h8,11H,2-7H2,1H3,(H,12,14)/t8-/m0/s1. The molecule has 1 amide bonds. The van der Waals surface area contributed by atoms with Gasteiger partial charge in [0.2, 0.25) is 5.91 Å². The molecule has 15 heavy (non-hydrogen) atoms. The molecule has 0 radical (unpaired) electrons. The van der Waals surface area contributed by atoms with Gasteiger partial charge in [-0.2, -0.15) is 0 Å². The van der Waals surface area contributed by atoms with E-state index in [-0.39, 0.29) is 24.5 Å². The maximum absolute atomic E-state index is 11.5. The number of hydrogen-bond donors (Lipinski definition) is 2. The van der Waals surface area contributed by atoms with Crippen LogP contribution in [0.4, 0.5) is 0 Å². The Morgan fingerprint density at radius 2 is 2.27 bits per heavy atom. The van der Waals surface area contributed by atoms with E-state index in [1.165, 1.54) is 0 Å². The van der Waals surface area contributed by atoms with Crippen LogP contribution in [-0.4, -0.2) is 37.6 Å². The lowest BCUT2D eigenvalue weighted by Crippen LogP contribution is -2.47. The first-order valence-electron chi connectivity index (χ1n) is 5.40. The monoisotopic (exact) mass is 214 g/mol. The van der Waals surface area contributed by atoms with Crippen LogP contribution in [0.3, 0.4) is 0 Å². The molecule has 0 bridgehead atoms. The molecular formula is C10H18N2O3. The van der Waals surface area contributed by atoms with Crippen molar-refractivity contribution in [3.63, 3.8) is 0 Å². The number of hydrogen-bond acceptors (Lipinski definition) is 4. The van der Waals surface area contributed by atoms with E-state index in [2.05, 4.69) is 10.6 Å². The normalized spacial score (nSPS) is 20.7. The summed E-state index contributed by atoms with van der Waals surface area (Å²) in [6.07, 6.45) is 3.01. The van der Waals surface area contributed by atoms with Gasteiger partial charge in [0, 0.05) is 0 Å². The van der Waals surface area contributed by atoms with E-state index in [9.17, 15) is 9.59 Å². The fourth-order valence-electron chi connectivity index (χ4n) is 1.57. The fourth-order valence-corrected chi connectivity index (χ4v) is 1.57. The Labute approximate surface area is 89.6 Å². The SMILES string of the molecule is CCOC(=O)CNC(=O)[C@@H]1CCCCN1. The van der Waals surface area contributed by atoms with Crippen LogP contribution in [0.5, 0.6) is 0 Å². The minimum atomic E-state index is -0.387. The van der Waals surface area contributed by atoms with Crippen LogP contribution in [-0.2, 0) is 14.3 Å². The molecule has 1 heterocycles. The minimum absolute atomic E-state index is 0.0369. The third-order valence-electron chi connectivity index (χ3n) is 2.34. The second-order valence-electron chi connectivity index (χ2n) is 3.53. The van der Waals surface area contributed by atoms with Gasteiger partial charge in [-0.15, -0.1) is 0 Å². The van der Waals surface area contributed by atoms with E-state index >= 15 is 0 Å². The molecule has 0 aliphatic carbocycles. The molecule has 86 valence electrons. The third-order valence-corrected chi connectivity index (χ3v) is 2.34. The quantitative estimate of drug-likeness (QED) is 0.636. The zero-order chi connectivity index (χ0) is 11.1. The molecule has 1 aliphatic heterocycles.